The molecule has 0 saturated carbocycles. The number of hydrogen-bond acceptors (Lipinski definition) is 8. The predicted octanol–water partition coefficient (Wildman–Crippen LogP) is 4.19. The lowest BCUT2D eigenvalue weighted by Gasteiger charge is -2.17. The average molecular weight is 660 g/mol. The minimum atomic E-state index is -5.19. The zero-order valence-electron chi connectivity index (χ0n) is 24.3. The number of benzene rings is 3. The third-order valence-corrected chi connectivity index (χ3v) is 8.30. The summed E-state index contributed by atoms with van der Waals surface area (Å²) < 4.78 is 67.0. The Hall–Kier alpha value is -4.82. The summed E-state index contributed by atoms with van der Waals surface area (Å²) >= 11 is 0. The van der Waals surface area contributed by atoms with Gasteiger partial charge in [0.15, 0.2) is 27.5 Å². The molecule has 0 bridgehead atoms. The van der Waals surface area contributed by atoms with E-state index in [0.29, 0.717) is 17.9 Å². The molecule has 0 saturated heterocycles. The number of carbonyl (C=O) groups excluding carboxylic acids is 3. The smallest absolute Gasteiger partial charge is 0.479 e. The van der Waals surface area contributed by atoms with E-state index in [9.17, 15) is 45.9 Å². The van der Waals surface area contributed by atoms with Gasteiger partial charge < -0.3 is 20.3 Å². The molecule has 242 valence electrons. The molecule has 4 rings (SSSR count). The second-order valence-corrected chi connectivity index (χ2v) is 12.5. The first-order chi connectivity index (χ1) is 21.5. The highest BCUT2D eigenvalue weighted by molar-refractivity contribution is 7.90. The number of aryl methyl sites for hydroxylation is 2. The number of nitrogens with one attached hydrogen (secondary N) is 1. The van der Waals surface area contributed by atoms with Crippen LogP contribution in [0.1, 0.15) is 60.6 Å². The minimum absolute atomic E-state index is 0.0546. The van der Waals surface area contributed by atoms with Crippen LogP contribution in [-0.2, 0) is 27.5 Å². The van der Waals surface area contributed by atoms with Gasteiger partial charge in [0.25, 0.3) is 5.91 Å². The maximum Gasteiger partial charge on any atom is 0.573 e. The Morgan fingerprint density at radius 1 is 0.891 bits per heavy atom. The molecular formula is C32H28F3NO9S. The summed E-state index contributed by atoms with van der Waals surface area (Å²) in [5.74, 6) is -4.74. The van der Waals surface area contributed by atoms with Gasteiger partial charge in [0.1, 0.15) is 10.6 Å². The number of carboxylic acid groups (broad SMARTS) is 1. The lowest BCUT2D eigenvalue weighted by atomic mass is 9.87. The third-order valence-electron chi connectivity index (χ3n) is 7.18. The number of amides is 1. The Morgan fingerprint density at radius 2 is 1.48 bits per heavy atom. The number of aliphatic hydroxyl groups is 1. The summed E-state index contributed by atoms with van der Waals surface area (Å²) in [5, 5.41) is 20.4. The average Bonchev–Trinajstić information content (AvgIpc) is 3.00. The van der Waals surface area contributed by atoms with E-state index in [1.54, 1.807) is 12.1 Å². The topological polar surface area (TPSA) is 164 Å². The van der Waals surface area contributed by atoms with Crippen molar-refractivity contribution in [2.45, 2.75) is 43.0 Å². The van der Waals surface area contributed by atoms with Crippen molar-refractivity contribution in [1.29, 1.82) is 0 Å². The van der Waals surface area contributed by atoms with Crippen molar-refractivity contribution in [2.24, 2.45) is 0 Å². The Morgan fingerprint density at radius 3 is 2.09 bits per heavy atom. The molecule has 0 aromatic heterocycles. The Labute approximate surface area is 261 Å². The maximum atomic E-state index is 13.8. The number of carboxylic acids is 1. The number of halogens is 3. The maximum absolute atomic E-state index is 13.8. The van der Waals surface area contributed by atoms with Crippen LogP contribution in [0.4, 0.5) is 13.2 Å². The van der Waals surface area contributed by atoms with E-state index in [-0.39, 0.29) is 22.3 Å². The summed E-state index contributed by atoms with van der Waals surface area (Å²) in [6, 6.07) is 12.9. The van der Waals surface area contributed by atoms with Crippen molar-refractivity contribution in [3.8, 4) is 5.75 Å². The quantitative estimate of drug-likeness (QED) is 0.202. The molecule has 0 aliphatic heterocycles. The van der Waals surface area contributed by atoms with Crippen LogP contribution in [0.5, 0.6) is 5.75 Å². The molecule has 14 heteroatoms. The first kappa shape index (κ1) is 34.1. The fourth-order valence-corrected chi connectivity index (χ4v) is 5.68. The van der Waals surface area contributed by atoms with Crippen molar-refractivity contribution in [3.63, 3.8) is 0 Å². The Kier molecular flexibility index (Phi) is 10.1. The molecule has 0 unspecified atom stereocenters. The van der Waals surface area contributed by atoms with E-state index >= 15 is 0 Å². The highest BCUT2D eigenvalue weighted by Gasteiger charge is 2.34. The van der Waals surface area contributed by atoms with Crippen LogP contribution >= 0.6 is 0 Å². The molecule has 0 fully saturated rings. The second kappa shape index (κ2) is 13.7. The van der Waals surface area contributed by atoms with Gasteiger partial charge in [0.05, 0.1) is 6.54 Å². The normalized spacial score (nSPS) is 14.2. The van der Waals surface area contributed by atoms with Crippen LogP contribution in [0.3, 0.4) is 0 Å². The Balaban J connectivity index is 1.72. The van der Waals surface area contributed by atoms with Crippen molar-refractivity contribution in [1.82, 2.24) is 5.32 Å². The first-order valence-corrected chi connectivity index (χ1v) is 15.7. The monoisotopic (exact) mass is 659 g/mol. The molecule has 3 aromatic carbocycles. The second-order valence-electron chi connectivity index (χ2n) is 10.6. The molecule has 1 aliphatic rings. The van der Waals surface area contributed by atoms with Crippen molar-refractivity contribution >= 4 is 38.9 Å². The third kappa shape index (κ3) is 8.46. The number of carbonyl (C=O) groups is 4. The van der Waals surface area contributed by atoms with Crippen molar-refractivity contribution in [3.05, 3.63) is 100 Å². The van der Waals surface area contributed by atoms with Crippen LogP contribution < -0.4 is 10.1 Å². The standard InChI is InChI=1S/C32H28F3NO9S/c1-46(43,44)28-15-23(12-13-27(28)45-32(33,34)35)25(37)16-24(22-11-6-18-4-2-3-5-21(18)14-22)29(39)19-7-9-20(10-8-19)30(40)36-17-26(38)31(41)42/h6-16,26,38H,2-5,17H2,1H3,(H,36,40)(H,41,42)/t26-/m1/s1. The van der Waals surface area contributed by atoms with E-state index in [1.807, 2.05) is 6.07 Å². The van der Waals surface area contributed by atoms with Crippen LogP contribution in [0.2, 0.25) is 0 Å². The lowest BCUT2D eigenvalue weighted by molar-refractivity contribution is -0.275. The van der Waals surface area contributed by atoms with E-state index in [1.165, 1.54) is 24.3 Å². The molecule has 46 heavy (non-hydrogen) atoms. The van der Waals surface area contributed by atoms with Crippen LogP contribution in [0, 0.1) is 0 Å². The summed E-state index contributed by atoms with van der Waals surface area (Å²) in [5.41, 5.74) is 2.17. The van der Waals surface area contributed by atoms with Crippen LogP contribution in [-0.4, -0.2) is 67.3 Å². The molecule has 1 atom stereocenters. The number of ether oxygens (including phenoxy) is 1. The van der Waals surface area contributed by atoms with Gasteiger partial charge in [-0.05, 0) is 78.8 Å². The van der Waals surface area contributed by atoms with E-state index in [2.05, 4.69) is 10.1 Å². The number of alkyl halides is 3. The van der Waals surface area contributed by atoms with Gasteiger partial charge >= 0.3 is 12.3 Å². The number of allylic oxidation sites excluding steroid dienone is 2. The van der Waals surface area contributed by atoms with Gasteiger partial charge in [-0.1, -0.05) is 30.3 Å². The van der Waals surface area contributed by atoms with Crippen molar-refractivity contribution in [2.75, 3.05) is 12.8 Å². The summed E-state index contributed by atoms with van der Waals surface area (Å²) in [6.07, 6.45) is -1.84. The van der Waals surface area contributed by atoms with Crippen LogP contribution in [0.15, 0.2) is 71.6 Å². The molecular weight excluding hydrogens is 631 g/mol. The van der Waals surface area contributed by atoms with Gasteiger partial charge in [0.2, 0.25) is 0 Å². The van der Waals surface area contributed by atoms with Crippen molar-refractivity contribution < 1.29 is 55.7 Å². The van der Waals surface area contributed by atoms with Crippen LogP contribution in [0.25, 0.3) is 5.57 Å². The minimum Gasteiger partial charge on any atom is -0.479 e. The molecule has 1 aliphatic carbocycles. The van der Waals surface area contributed by atoms with Gasteiger partial charge in [0, 0.05) is 28.5 Å². The lowest BCUT2D eigenvalue weighted by Crippen LogP contribution is -2.36. The zero-order chi connectivity index (χ0) is 33.8. The van der Waals surface area contributed by atoms with E-state index in [4.69, 9.17) is 5.11 Å². The summed E-state index contributed by atoms with van der Waals surface area (Å²) in [4.78, 5) is 49.6. The molecule has 0 spiro atoms. The highest BCUT2D eigenvalue weighted by Crippen LogP contribution is 2.32. The summed E-state index contributed by atoms with van der Waals surface area (Å²) in [6.45, 7) is -0.549. The fourth-order valence-electron chi connectivity index (χ4n) is 4.86. The molecule has 3 N–H and O–H groups in total. The predicted molar refractivity (Wildman–Crippen MR) is 158 cm³/mol. The van der Waals surface area contributed by atoms with Gasteiger partial charge in [-0.15, -0.1) is 13.2 Å². The number of aliphatic carboxylic acids is 1. The SMILES string of the molecule is CS(=O)(=O)c1cc(C(=O)C=C(C(=O)c2ccc(C(=O)NC[C@@H](O)C(=O)O)cc2)c2ccc3c(c2)CCCC3)ccc1OC(F)(F)F. The van der Waals surface area contributed by atoms with Gasteiger partial charge in [-0.25, -0.2) is 13.2 Å². The molecule has 1 amide bonds. The number of sulfone groups is 1. The number of fused-ring (bicyclic) bond motifs is 1. The molecule has 0 heterocycles. The molecule has 0 radical (unpaired) electrons. The number of Topliss-reactive ketones (excluding diaryl/α,β-unsaturated/α-hetero) is 1. The number of aliphatic hydroxyl groups excluding tert-OH is 1. The summed E-state index contributed by atoms with van der Waals surface area (Å²) in [7, 11) is -4.28. The fraction of sp³-hybridized carbons (Fsp3) is 0.250. The zero-order valence-corrected chi connectivity index (χ0v) is 25.1. The van der Waals surface area contributed by atoms with E-state index < -0.39 is 62.9 Å². The molecule has 10 nitrogen and oxygen atoms in total. The number of ketones is 2. The first-order valence-electron chi connectivity index (χ1n) is 13.9. The number of hydrogen-bond donors (Lipinski definition) is 3. The highest BCUT2D eigenvalue weighted by atomic mass is 32.2. The largest absolute Gasteiger partial charge is 0.573 e. The van der Waals surface area contributed by atoms with E-state index in [0.717, 1.165) is 55.0 Å². The molecule has 3 aromatic rings. The van der Waals surface area contributed by atoms with Gasteiger partial charge in [-0.2, -0.15) is 0 Å². The Bertz CT molecular complexity index is 1830. The van der Waals surface area contributed by atoms with Gasteiger partial charge in [-0.3, -0.25) is 14.4 Å². The number of rotatable bonds is 11.